The van der Waals surface area contributed by atoms with Crippen LogP contribution in [-0.2, 0) is 16.1 Å². The highest BCUT2D eigenvalue weighted by Crippen LogP contribution is 2.21. The van der Waals surface area contributed by atoms with Gasteiger partial charge in [0.2, 0.25) is 11.8 Å². The van der Waals surface area contributed by atoms with E-state index in [4.69, 9.17) is 0 Å². The van der Waals surface area contributed by atoms with Gasteiger partial charge in [0.1, 0.15) is 12.4 Å². The first-order chi connectivity index (χ1) is 11.7. The van der Waals surface area contributed by atoms with Crippen LogP contribution in [0.4, 0.5) is 0 Å². The van der Waals surface area contributed by atoms with Crippen LogP contribution >= 0.6 is 0 Å². The van der Waals surface area contributed by atoms with Gasteiger partial charge in [-0.15, -0.1) is 0 Å². The second-order valence-electron chi connectivity index (χ2n) is 6.96. The predicted octanol–water partition coefficient (Wildman–Crippen LogP) is 2.88. The average Bonchev–Trinajstić information content (AvgIpc) is 2.84. The van der Waals surface area contributed by atoms with Gasteiger partial charge < -0.3 is 14.8 Å². The zero-order valence-electron chi connectivity index (χ0n) is 15.9. The van der Waals surface area contributed by atoms with Gasteiger partial charge >= 0.3 is 0 Å². The minimum atomic E-state index is -0.274. The largest absolute Gasteiger partial charge is 0.347 e. The van der Waals surface area contributed by atoms with E-state index in [1.54, 1.807) is 0 Å². The number of amides is 2. The lowest BCUT2D eigenvalue weighted by Crippen LogP contribution is -2.44. The van der Waals surface area contributed by atoms with Crippen molar-refractivity contribution >= 4 is 22.8 Å². The summed E-state index contributed by atoms with van der Waals surface area (Å²) in [5.41, 5.74) is 1.72. The summed E-state index contributed by atoms with van der Waals surface area (Å²) < 4.78 is 1.91. The smallest absolute Gasteiger partial charge is 0.243 e. The maximum absolute atomic E-state index is 12.9. The van der Waals surface area contributed by atoms with Gasteiger partial charge in [0, 0.05) is 19.0 Å². The fourth-order valence-corrected chi connectivity index (χ4v) is 3.35. The zero-order chi connectivity index (χ0) is 18.7. The average molecular weight is 344 g/mol. The van der Waals surface area contributed by atoms with Crippen molar-refractivity contribution in [2.75, 3.05) is 0 Å². The Bertz CT molecular complexity index is 756. The van der Waals surface area contributed by atoms with E-state index >= 15 is 0 Å². The Hall–Kier alpha value is -2.37. The van der Waals surface area contributed by atoms with Crippen molar-refractivity contribution < 1.29 is 9.59 Å². The van der Waals surface area contributed by atoms with Crippen molar-refractivity contribution in [1.29, 1.82) is 0 Å². The van der Waals surface area contributed by atoms with E-state index in [1.165, 1.54) is 6.92 Å². The Kier molecular flexibility index (Phi) is 5.82. The van der Waals surface area contributed by atoms with Gasteiger partial charge in [-0.3, -0.25) is 9.59 Å². The first kappa shape index (κ1) is 19.0. The molecule has 1 heterocycles. The molecule has 0 aliphatic carbocycles. The summed E-state index contributed by atoms with van der Waals surface area (Å²) in [6.45, 7) is 11.6. The molecule has 25 heavy (non-hydrogen) atoms. The van der Waals surface area contributed by atoms with E-state index in [2.05, 4.69) is 10.3 Å². The molecule has 136 valence electrons. The number of carbonyl (C=O) groups is 2. The van der Waals surface area contributed by atoms with E-state index in [1.807, 2.05) is 68.4 Å². The molecular formula is C19H28N4O2. The number of nitrogens with zero attached hydrogens (tertiary/aromatic N) is 3. The van der Waals surface area contributed by atoms with E-state index in [0.717, 1.165) is 11.0 Å². The lowest BCUT2D eigenvalue weighted by molar-refractivity contribution is -0.135. The minimum Gasteiger partial charge on any atom is -0.347 e. The number of hydrogen-bond donors (Lipinski definition) is 1. The number of aromatic nitrogens is 2. The van der Waals surface area contributed by atoms with Crippen molar-refractivity contribution in [3.63, 3.8) is 0 Å². The molecule has 6 nitrogen and oxygen atoms in total. The van der Waals surface area contributed by atoms with Crippen molar-refractivity contribution in [2.24, 2.45) is 0 Å². The van der Waals surface area contributed by atoms with E-state index < -0.39 is 0 Å². The number of benzene rings is 1. The van der Waals surface area contributed by atoms with Crippen LogP contribution in [0.1, 0.15) is 53.4 Å². The maximum Gasteiger partial charge on any atom is 0.243 e. The Morgan fingerprint density at radius 2 is 1.72 bits per heavy atom. The van der Waals surface area contributed by atoms with E-state index in [9.17, 15) is 9.59 Å². The SMILES string of the molecule is CC(=O)NC(C)c1nc2ccccc2n1CC(=O)N(C(C)C)C(C)C. The van der Waals surface area contributed by atoms with Crippen molar-refractivity contribution in [2.45, 2.75) is 66.2 Å². The highest BCUT2D eigenvalue weighted by Gasteiger charge is 2.24. The third-order valence-electron chi connectivity index (χ3n) is 4.19. The van der Waals surface area contributed by atoms with Gasteiger partial charge in [0.05, 0.1) is 17.1 Å². The normalized spacial score (nSPS) is 12.6. The number of hydrogen-bond acceptors (Lipinski definition) is 3. The number of para-hydroxylation sites is 2. The summed E-state index contributed by atoms with van der Waals surface area (Å²) in [5, 5.41) is 2.86. The second kappa shape index (κ2) is 7.68. The van der Waals surface area contributed by atoms with Gasteiger partial charge in [-0.2, -0.15) is 0 Å². The molecule has 0 radical (unpaired) electrons. The Balaban J connectivity index is 2.44. The van der Waals surface area contributed by atoms with Gasteiger partial charge in [-0.25, -0.2) is 4.98 Å². The van der Waals surface area contributed by atoms with Crippen LogP contribution in [0.2, 0.25) is 0 Å². The molecule has 1 N–H and O–H groups in total. The standard InChI is InChI=1S/C19H28N4O2/c1-12(2)23(13(3)4)18(25)11-22-17-10-8-7-9-16(17)21-19(22)14(5)20-15(6)24/h7-10,12-14H,11H2,1-6H3,(H,20,24). The topological polar surface area (TPSA) is 67.2 Å². The fraction of sp³-hybridized carbons (Fsp3) is 0.526. The summed E-state index contributed by atoms with van der Waals surface area (Å²) >= 11 is 0. The van der Waals surface area contributed by atoms with Crippen molar-refractivity contribution in [3.8, 4) is 0 Å². The molecule has 0 fully saturated rings. The summed E-state index contributed by atoms with van der Waals surface area (Å²) in [4.78, 5) is 30.9. The molecule has 0 spiro atoms. The van der Waals surface area contributed by atoms with Crippen LogP contribution in [0.5, 0.6) is 0 Å². The highest BCUT2D eigenvalue weighted by molar-refractivity contribution is 5.82. The van der Waals surface area contributed by atoms with Crippen molar-refractivity contribution in [3.05, 3.63) is 30.1 Å². The molecule has 1 aromatic heterocycles. The third kappa shape index (κ3) is 4.18. The Morgan fingerprint density at radius 1 is 1.12 bits per heavy atom. The number of fused-ring (bicyclic) bond motifs is 1. The summed E-state index contributed by atoms with van der Waals surface area (Å²) in [5.74, 6) is 0.616. The van der Waals surface area contributed by atoms with Crippen LogP contribution < -0.4 is 5.32 Å². The van der Waals surface area contributed by atoms with Gasteiger partial charge in [-0.1, -0.05) is 12.1 Å². The molecule has 1 unspecified atom stereocenters. The molecular weight excluding hydrogens is 316 g/mol. The Morgan fingerprint density at radius 3 is 2.28 bits per heavy atom. The van der Waals surface area contributed by atoms with Crippen LogP contribution in [0.3, 0.4) is 0 Å². The quantitative estimate of drug-likeness (QED) is 0.876. The summed E-state index contributed by atoms with van der Waals surface area (Å²) in [7, 11) is 0. The summed E-state index contributed by atoms with van der Waals surface area (Å²) in [6.07, 6.45) is 0. The molecule has 1 atom stereocenters. The fourth-order valence-electron chi connectivity index (χ4n) is 3.35. The molecule has 1 aromatic carbocycles. The second-order valence-corrected chi connectivity index (χ2v) is 6.96. The monoisotopic (exact) mass is 344 g/mol. The maximum atomic E-state index is 12.9. The molecule has 6 heteroatoms. The Labute approximate surface area is 149 Å². The third-order valence-corrected chi connectivity index (χ3v) is 4.19. The van der Waals surface area contributed by atoms with Gasteiger partial charge in [0.25, 0.3) is 0 Å². The molecule has 2 aromatic rings. The lowest BCUT2D eigenvalue weighted by atomic mass is 10.2. The first-order valence-corrected chi connectivity index (χ1v) is 8.75. The van der Waals surface area contributed by atoms with E-state index in [0.29, 0.717) is 5.82 Å². The molecule has 0 saturated carbocycles. The minimum absolute atomic E-state index is 0.0458. The summed E-state index contributed by atoms with van der Waals surface area (Å²) in [6, 6.07) is 7.70. The van der Waals surface area contributed by atoms with Crippen molar-refractivity contribution in [1.82, 2.24) is 19.8 Å². The molecule has 2 rings (SSSR count). The number of nitrogens with one attached hydrogen (secondary N) is 1. The first-order valence-electron chi connectivity index (χ1n) is 8.75. The van der Waals surface area contributed by atoms with Crippen LogP contribution in [0.25, 0.3) is 11.0 Å². The molecule has 0 saturated heterocycles. The molecule has 0 aliphatic rings. The van der Waals surface area contributed by atoms with Gasteiger partial charge in [0.15, 0.2) is 0 Å². The lowest BCUT2D eigenvalue weighted by Gasteiger charge is -2.31. The zero-order valence-corrected chi connectivity index (χ0v) is 15.9. The van der Waals surface area contributed by atoms with Crippen LogP contribution in [-0.4, -0.2) is 38.3 Å². The number of rotatable bonds is 6. The molecule has 0 bridgehead atoms. The van der Waals surface area contributed by atoms with Gasteiger partial charge in [-0.05, 0) is 46.8 Å². The van der Waals surface area contributed by atoms with Crippen LogP contribution in [0, 0.1) is 0 Å². The van der Waals surface area contributed by atoms with Crippen LogP contribution in [0.15, 0.2) is 24.3 Å². The van der Waals surface area contributed by atoms with E-state index in [-0.39, 0.29) is 36.5 Å². The number of carbonyl (C=O) groups excluding carboxylic acids is 2. The number of imidazole rings is 1. The molecule has 2 amide bonds. The molecule has 0 aliphatic heterocycles. The highest BCUT2D eigenvalue weighted by atomic mass is 16.2. The predicted molar refractivity (Wildman–Crippen MR) is 99.1 cm³/mol.